The van der Waals surface area contributed by atoms with Crippen molar-refractivity contribution in [2.24, 2.45) is 5.92 Å². The zero-order valence-electron chi connectivity index (χ0n) is 13.6. The van der Waals surface area contributed by atoms with Gasteiger partial charge in [-0.25, -0.2) is 4.98 Å². The molecule has 5 nitrogen and oxygen atoms in total. The molecule has 1 aliphatic heterocycles. The first-order valence-electron chi connectivity index (χ1n) is 7.71. The van der Waals surface area contributed by atoms with Crippen LogP contribution in [0.1, 0.15) is 23.5 Å². The van der Waals surface area contributed by atoms with E-state index >= 15 is 0 Å². The number of nitrogens with zero attached hydrogens (tertiary/aromatic N) is 1. The summed E-state index contributed by atoms with van der Waals surface area (Å²) in [7, 11) is 1.66. The minimum absolute atomic E-state index is 0.0207. The Bertz CT molecular complexity index is 692. The molecule has 0 aliphatic carbocycles. The molecule has 6 heteroatoms. The molecule has 1 aromatic heterocycles. The van der Waals surface area contributed by atoms with Crippen LogP contribution in [0.5, 0.6) is 5.75 Å². The van der Waals surface area contributed by atoms with Gasteiger partial charge in [-0.2, -0.15) is 0 Å². The van der Waals surface area contributed by atoms with E-state index in [1.54, 1.807) is 18.4 Å². The standard InChI is InChI=1S/C17H21N3O2S/c1-10(19-16(21)13-8-18-9-13)15-11(2)20-17(23-15)12-4-6-14(22-3)7-5-12/h4-7,10,13,18H,8-9H2,1-3H3,(H,19,21). The highest BCUT2D eigenvalue weighted by atomic mass is 32.1. The largest absolute Gasteiger partial charge is 0.497 e. The normalized spacial score (nSPS) is 15.8. The SMILES string of the molecule is COc1ccc(-c2nc(C)c(C(C)NC(=O)C3CNC3)s2)cc1. The average Bonchev–Trinajstić information content (AvgIpc) is 2.87. The summed E-state index contributed by atoms with van der Waals surface area (Å²) in [6.45, 7) is 5.56. The predicted molar refractivity (Wildman–Crippen MR) is 91.8 cm³/mol. The van der Waals surface area contributed by atoms with E-state index in [1.165, 1.54) is 0 Å². The Morgan fingerprint density at radius 2 is 2.09 bits per heavy atom. The molecule has 1 fully saturated rings. The number of aryl methyl sites for hydroxylation is 1. The van der Waals surface area contributed by atoms with Crippen LogP contribution in [-0.2, 0) is 4.79 Å². The van der Waals surface area contributed by atoms with Crippen LogP contribution in [0, 0.1) is 12.8 Å². The van der Waals surface area contributed by atoms with E-state index in [1.807, 2.05) is 38.1 Å². The van der Waals surface area contributed by atoms with Gasteiger partial charge in [-0.3, -0.25) is 4.79 Å². The molecule has 0 saturated carbocycles. The molecule has 3 rings (SSSR count). The summed E-state index contributed by atoms with van der Waals surface area (Å²) in [6.07, 6.45) is 0. The molecule has 0 bridgehead atoms. The lowest BCUT2D eigenvalue weighted by Gasteiger charge is -2.27. The third kappa shape index (κ3) is 3.38. The van der Waals surface area contributed by atoms with E-state index in [2.05, 4.69) is 15.6 Å². The molecule has 2 aromatic rings. The summed E-state index contributed by atoms with van der Waals surface area (Å²) in [4.78, 5) is 17.9. The van der Waals surface area contributed by atoms with Gasteiger partial charge in [-0.15, -0.1) is 11.3 Å². The maximum atomic E-state index is 12.1. The van der Waals surface area contributed by atoms with Crippen molar-refractivity contribution in [3.63, 3.8) is 0 Å². The third-order valence-electron chi connectivity index (χ3n) is 4.07. The second-order valence-corrected chi connectivity index (χ2v) is 6.81. The van der Waals surface area contributed by atoms with Gasteiger partial charge in [0.15, 0.2) is 0 Å². The fourth-order valence-corrected chi connectivity index (χ4v) is 3.61. The summed E-state index contributed by atoms with van der Waals surface area (Å²) in [5, 5.41) is 7.18. The van der Waals surface area contributed by atoms with Crippen molar-refractivity contribution in [2.45, 2.75) is 19.9 Å². The van der Waals surface area contributed by atoms with Crippen LogP contribution in [0.3, 0.4) is 0 Å². The van der Waals surface area contributed by atoms with Crippen LogP contribution in [0.2, 0.25) is 0 Å². The maximum Gasteiger partial charge on any atom is 0.226 e. The molecule has 1 aliphatic rings. The first kappa shape index (κ1) is 16.0. The van der Waals surface area contributed by atoms with E-state index < -0.39 is 0 Å². The minimum Gasteiger partial charge on any atom is -0.497 e. The number of rotatable bonds is 5. The Morgan fingerprint density at radius 1 is 1.39 bits per heavy atom. The summed E-state index contributed by atoms with van der Waals surface area (Å²) >= 11 is 1.63. The summed E-state index contributed by atoms with van der Waals surface area (Å²) in [6, 6.07) is 7.85. The lowest BCUT2D eigenvalue weighted by atomic mass is 10.0. The van der Waals surface area contributed by atoms with Gasteiger partial charge >= 0.3 is 0 Å². The van der Waals surface area contributed by atoms with Crippen molar-refractivity contribution in [2.75, 3.05) is 20.2 Å². The molecule has 1 aromatic carbocycles. The predicted octanol–water partition coefficient (Wildman–Crippen LogP) is 2.52. The fraction of sp³-hybridized carbons (Fsp3) is 0.412. The number of nitrogens with one attached hydrogen (secondary N) is 2. The zero-order valence-corrected chi connectivity index (χ0v) is 14.4. The van der Waals surface area contributed by atoms with Crippen molar-refractivity contribution in [3.8, 4) is 16.3 Å². The van der Waals surface area contributed by atoms with Crippen LogP contribution < -0.4 is 15.4 Å². The van der Waals surface area contributed by atoms with Gasteiger partial charge in [-0.05, 0) is 38.1 Å². The Hall–Kier alpha value is -1.92. The van der Waals surface area contributed by atoms with Gasteiger partial charge in [0.2, 0.25) is 5.91 Å². The molecule has 1 atom stereocenters. The lowest BCUT2D eigenvalue weighted by Crippen LogP contribution is -2.51. The first-order chi connectivity index (χ1) is 11.1. The highest BCUT2D eigenvalue weighted by Crippen LogP contribution is 2.32. The molecule has 1 amide bonds. The van der Waals surface area contributed by atoms with Gasteiger partial charge in [0.1, 0.15) is 10.8 Å². The molecule has 1 saturated heterocycles. The molecular formula is C17H21N3O2S. The Balaban J connectivity index is 1.75. The number of hydrogen-bond acceptors (Lipinski definition) is 5. The first-order valence-corrected chi connectivity index (χ1v) is 8.53. The highest BCUT2D eigenvalue weighted by Gasteiger charge is 2.27. The Kier molecular flexibility index (Phi) is 4.63. The molecule has 23 heavy (non-hydrogen) atoms. The van der Waals surface area contributed by atoms with E-state index in [0.29, 0.717) is 0 Å². The number of benzene rings is 1. The molecule has 2 N–H and O–H groups in total. The number of carbonyl (C=O) groups excluding carboxylic acids is 1. The van der Waals surface area contributed by atoms with Gasteiger partial charge < -0.3 is 15.4 Å². The molecule has 0 spiro atoms. The van der Waals surface area contributed by atoms with Crippen LogP contribution in [0.4, 0.5) is 0 Å². The number of methoxy groups -OCH3 is 1. The molecular weight excluding hydrogens is 310 g/mol. The van der Waals surface area contributed by atoms with E-state index in [4.69, 9.17) is 4.74 Å². The third-order valence-corrected chi connectivity index (χ3v) is 5.46. The maximum absolute atomic E-state index is 12.1. The number of hydrogen-bond donors (Lipinski definition) is 2. The second kappa shape index (κ2) is 6.68. The molecule has 2 heterocycles. The smallest absolute Gasteiger partial charge is 0.226 e. The topological polar surface area (TPSA) is 63.2 Å². The Labute approximate surface area is 140 Å². The zero-order chi connectivity index (χ0) is 16.4. The fourth-order valence-electron chi connectivity index (χ4n) is 2.54. The lowest BCUT2D eigenvalue weighted by molar-refractivity contribution is -0.127. The van der Waals surface area contributed by atoms with Crippen LogP contribution in [0.25, 0.3) is 10.6 Å². The number of carbonyl (C=O) groups is 1. The van der Waals surface area contributed by atoms with Gasteiger partial charge in [0.25, 0.3) is 0 Å². The van der Waals surface area contributed by atoms with Crippen molar-refractivity contribution in [1.82, 2.24) is 15.6 Å². The minimum atomic E-state index is -0.0207. The van der Waals surface area contributed by atoms with Gasteiger partial charge in [0.05, 0.1) is 29.6 Å². The van der Waals surface area contributed by atoms with Crippen LogP contribution in [0.15, 0.2) is 24.3 Å². The Morgan fingerprint density at radius 3 is 2.65 bits per heavy atom. The molecule has 122 valence electrons. The van der Waals surface area contributed by atoms with Crippen LogP contribution in [-0.4, -0.2) is 31.1 Å². The van der Waals surface area contributed by atoms with Crippen molar-refractivity contribution < 1.29 is 9.53 Å². The molecule has 0 radical (unpaired) electrons. The van der Waals surface area contributed by atoms with E-state index in [0.717, 1.165) is 40.0 Å². The van der Waals surface area contributed by atoms with Crippen LogP contribution >= 0.6 is 11.3 Å². The van der Waals surface area contributed by atoms with E-state index in [-0.39, 0.29) is 17.9 Å². The van der Waals surface area contributed by atoms with Crippen molar-refractivity contribution in [1.29, 1.82) is 0 Å². The molecule has 1 unspecified atom stereocenters. The number of ether oxygens (including phenoxy) is 1. The van der Waals surface area contributed by atoms with E-state index in [9.17, 15) is 4.79 Å². The monoisotopic (exact) mass is 331 g/mol. The van der Waals surface area contributed by atoms with Gasteiger partial charge in [0, 0.05) is 18.7 Å². The quantitative estimate of drug-likeness (QED) is 0.884. The second-order valence-electron chi connectivity index (χ2n) is 5.78. The number of thiazole rings is 1. The summed E-state index contributed by atoms with van der Waals surface area (Å²) in [5.74, 6) is 1.05. The number of amides is 1. The summed E-state index contributed by atoms with van der Waals surface area (Å²) < 4.78 is 5.18. The number of aromatic nitrogens is 1. The summed E-state index contributed by atoms with van der Waals surface area (Å²) in [5.41, 5.74) is 2.03. The highest BCUT2D eigenvalue weighted by molar-refractivity contribution is 7.15. The van der Waals surface area contributed by atoms with Crippen molar-refractivity contribution in [3.05, 3.63) is 34.8 Å². The average molecular weight is 331 g/mol. The van der Waals surface area contributed by atoms with Gasteiger partial charge in [-0.1, -0.05) is 0 Å². The van der Waals surface area contributed by atoms with Crippen molar-refractivity contribution >= 4 is 17.2 Å².